The average molecular weight is 873 g/mol. The van der Waals surface area contributed by atoms with Crippen molar-refractivity contribution < 1.29 is 45.0 Å². The lowest BCUT2D eigenvalue weighted by atomic mass is 9.45. The minimum atomic E-state index is -5.12. The number of sulfonamides is 1. The number of benzene rings is 3. The molecule has 0 spiro atoms. The van der Waals surface area contributed by atoms with Gasteiger partial charge in [0.1, 0.15) is 30.1 Å². The highest BCUT2D eigenvalue weighted by atomic mass is 32.2. The minimum Gasteiger partial charge on any atom is -0.457 e. The first-order valence-corrected chi connectivity index (χ1v) is 22.7. The largest absolute Gasteiger partial charge is 0.490 e. The molecule has 3 aliphatic carbocycles. The molecule has 6 unspecified atom stereocenters. The topological polar surface area (TPSA) is 108 Å². The first-order chi connectivity index (χ1) is 28.5. The van der Waals surface area contributed by atoms with Gasteiger partial charge in [0, 0.05) is 43.8 Å². The summed E-state index contributed by atoms with van der Waals surface area (Å²) in [6.45, 7) is 13.3. The third-order valence-electron chi connectivity index (χ3n) is 13.0. The monoisotopic (exact) mass is 872 g/mol. The maximum absolute atomic E-state index is 13.8. The highest BCUT2D eigenvalue weighted by Gasteiger charge is 2.57. The first-order valence-electron chi connectivity index (χ1n) is 21.1. The molecule has 61 heavy (non-hydrogen) atoms. The molecular formula is C46H60F4N4O6S. The minimum absolute atomic E-state index is 0.00624. The number of carbonyl (C=O) groups excluding carboxylic acids is 2. The molecule has 1 saturated heterocycles. The van der Waals surface area contributed by atoms with Crippen LogP contribution in [0.3, 0.4) is 0 Å². The van der Waals surface area contributed by atoms with Crippen LogP contribution in [0.5, 0.6) is 11.5 Å². The molecule has 7 rings (SSSR count). The van der Waals surface area contributed by atoms with Crippen LogP contribution in [0.15, 0.2) is 72.8 Å². The summed E-state index contributed by atoms with van der Waals surface area (Å²) in [4.78, 5) is 29.2. The van der Waals surface area contributed by atoms with E-state index in [1.807, 2.05) is 42.5 Å². The van der Waals surface area contributed by atoms with Crippen molar-refractivity contribution in [1.29, 1.82) is 0 Å². The number of esters is 1. The Morgan fingerprint density at radius 1 is 0.967 bits per heavy atom. The smallest absolute Gasteiger partial charge is 0.457 e. The molecule has 1 aliphatic heterocycles. The second kappa shape index (κ2) is 18.4. The number of hydrogen-bond donors (Lipinski definition) is 1. The Kier molecular flexibility index (Phi) is 14.0. The number of hydrogen-bond acceptors (Lipinski definition) is 8. The fourth-order valence-corrected chi connectivity index (χ4v) is 11.3. The van der Waals surface area contributed by atoms with E-state index in [9.17, 15) is 35.6 Å². The van der Waals surface area contributed by atoms with Crippen LogP contribution in [0.2, 0.25) is 0 Å². The molecule has 2 bridgehead atoms. The second-order valence-electron chi connectivity index (χ2n) is 19.1. The van der Waals surface area contributed by atoms with Gasteiger partial charge >= 0.3 is 12.1 Å². The number of nitrogens with one attached hydrogen (secondary N) is 1. The van der Waals surface area contributed by atoms with Crippen molar-refractivity contribution in [3.05, 3.63) is 95.3 Å². The SMILES string of the molecule is CC1C(NC(=O)C2CCS(=O)(=O)N2Cc2cccc(CN(Cc3ccccc3Oc3ccc(F)cc3)C(CN(C)COC(=O)C(F)(F)F)CC(C)(C)C)c2)CC2CC1C2(C)C. The van der Waals surface area contributed by atoms with Crippen LogP contribution < -0.4 is 10.1 Å². The van der Waals surface area contributed by atoms with Gasteiger partial charge in [0.05, 0.1) is 5.75 Å². The zero-order valence-corrected chi connectivity index (χ0v) is 37.0. The zero-order valence-electron chi connectivity index (χ0n) is 36.2. The number of carbonyl (C=O) groups is 2. The molecule has 6 atom stereocenters. The van der Waals surface area contributed by atoms with Crippen molar-refractivity contribution in [3.8, 4) is 11.5 Å². The van der Waals surface area contributed by atoms with Crippen molar-refractivity contribution in [3.63, 3.8) is 0 Å². The number of likely N-dealkylation sites (N-methyl/N-ethyl adjacent to an activating group) is 1. The molecule has 3 saturated carbocycles. The quantitative estimate of drug-likeness (QED) is 0.0868. The second-order valence-corrected chi connectivity index (χ2v) is 21.2. The maximum atomic E-state index is 13.8. The Balaban J connectivity index is 1.25. The Morgan fingerprint density at radius 2 is 1.66 bits per heavy atom. The van der Waals surface area contributed by atoms with Crippen LogP contribution in [0.1, 0.15) is 83.9 Å². The summed E-state index contributed by atoms with van der Waals surface area (Å²) in [6.07, 6.45) is -2.27. The van der Waals surface area contributed by atoms with Gasteiger partial charge in [0.2, 0.25) is 15.9 Å². The average Bonchev–Trinajstić information content (AvgIpc) is 3.47. The van der Waals surface area contributed by atoms with Gasteiger partial charge in [0.25, 0.3) is 0 Å². The third kappa shape index (κ3) is 11.5. The Labute approximate surface area is 358 Å². The van der Waals surface area contributed by atoms with E-state index in [4.69, 9.17) is 4.74 Å². The van der Waals surface area contributed by atoms with E-state index in [0.717, 1.165) is 17.5 Å². The molecule has 4 fully saturated rings. The van der Waals surface area contributed by atoms with E-state index >= 15 is 0 Å². The summed E-state index contributed by atoms with van der Waals surface area (Å²) < 4.78 is 92.0. The van der Waals surface area contributed by atoms with Crippen LogP contribution in [0.25, 0.3) is 0 Å². The lowest BCUT2D eigenvalue weighted by Gasteiger charge is -2.62. The molecule has 3 aromatic rings. The molecule has 0 radical (unpaired) electrons. The molecular weight excluding hydrogens is 813 g/mol. The Morgan fingerprint density at radius 3 is 2.31 bits per heavy atom. The van der Waals surface area contributed by atoms with Gasteiger partial charge in [-0.1, -0.05) is 84.0 Å². The molecule has 3 aromatic carbocycles. The number of para-hydroxylation sites is 1. The fourth-order valence-electron chi connectivity index (χ4n) is 9.62. The van der Waals surface area contributed by atoms with Crippen LogP contribution in [-0.2, 0) is 44.0 Å². The molecule has 334 valence electrons. The third-order valence-corrected chi connectivity index (χ3v) is 14.8. The van der Waals surface area contributed by atoms with Gasteiger partial charge in [-0.2, -0.15) is 17.5 Å². The van der Waals surface area contributed by atoms with Gasteiger partial charge < -0.3 is 14.8 Å². The highest BCUT2D eigenvalue weighted by molar-refractivity contribution is 7.89. The lowest BCUT2D eigenvalue weighted by molar-refractivity contribution is -0.203. The molecule has 4 aliphatic rings. The predicted molar refractivity (Wildman–Crippen MR) is 225 cm³/mol. The number of fused-ring (bicyclic) bond motifs is 2. The van der Waals surface area contributed by atoms with E-state index in [2.05, 4.69) is 56.5 Å². The summed E-state index contributed by atoms with van der Waals surface area (Å²) in [6, 6.07) is 19.5. The summed E-state index contributed by atoms with van der Waals surface area (Å²) in [5.74, 6) is -0.717. The van der Waals surface area contributed by atoms with Crippen LogP contribution in [-0.4, -0.2) is 84.8 Å². The summed E-state index contributed by atoms with van der Waals surface area (Å²) in [5.41, 5.74) is 2.34. The number of ether oxygens (including phenoxy) is 2. The standard InChI is InChI=1S/C46H60F4N4O6S/c1-30-38-22-34(45(38,5)6)23-39(30)51-42(55)40-19-20-61(57,58)54(40)26-32-12-10-11-31(21-32)25-53(27-33-13-8-9-14-41(33)60-37-17-15-35(47)16-18-37)36(24-44(2,3)4)28-52(7)29-59-43(56)46(48,49)50/h8-18,21,30,34,36,38-40H,19-20,22-29H2,1-7H3,(H,51,55). The van der Waals surface area contributed by atoms with E-state index < -0.39 is 40.8 Å². The molecule has 15 heteroatoms. The van der Waals surface area contributed by atoms with E-state index in [1.165, 1.54) is 39.9 Å². The van der Waals surface area contributed by atoms with E-state index in [1.54, 1.807) is 13.1 Å². The highest BCUT2D eigenvalue weighted by Crippen LogP contribution is 2.61. The van der Waals surface area contributed by atoms with Crippen molar-refractivity contribution in [2.75, 3.05) is 26.1 Å². The molecule has 1 heterocycles. The van der Waals surface area contributed by atoms with E-state index in [-0.39, 0.29) is 54.1 Å². The van der Waals surface area contributed by atoms with Crippen LogP contribution >= 0.6 is 0 Å². The van der Waals surface area contributed by atoms with E-state index in [0.29, 0.717) is 54.3 Å². The fraction of sp³-hybridized carbons (Fsp3) is 0.565. The Bertz CT molecular complexity index is 2130. The summed E-state index contributed by atoms with van der Waals surface area (Å²) in [5, 5.41) is 3.25. The van der Waals surface area contributed by atoms with Gasteiger partial charge in [-0.3, -0.25) is 14.6 Å². The molecule has 1 amide bonds. The number of halogens is 4. The lowest BCUT2D eigenvalue weighted by Crippen LogP contribution is -2.61. The normalized spacial score (nSPS) is 24.0. The number of nitrogens with zero attached hydrogens (tertiary/aromatic N) is 3. The van der Waals surface area contributed by atoms with Gasteiger partial charge in [-0.25, -0.2) is 17.6 Å². The Hall–Kier alpha value is -4.05. The van der Waals surface area contributed by atoms with Crippen molar-refractivity contribution in [1.82, 2.24) is 19.4 Å². The molecule has 10 nitrogen and oxygen atoms in total. The summed E-state index contributed by atoms with van der Waals surface area (Å²) in [7, 11) is -2.13. The maximum Gasteiger partial charge on any atom is 0.490 e. The summed E-state index contributed by atoms with van der Waals surface area (Å²) >= 11 is 0. The predicted octanol–water partition coefficient (Wildman–Crippen LogP) is 8.51. The number of alkyl halides is 3. The molecule has 0 aromatic heterocycles. The van der Waals surface area contributed by atoms with Crippen molar-refractivity contribution >= 4 is 21.9 Å². The van der Waals surface area contributed by atoms with Crippen molar-refractivity contribution in [2.45, 2.75) is 111 Å². The molecule has 1 N–H and O–H groups in total. The van der Waals surface area contributed by atoms with Crippen LogP contribution in [0.4, 0.5) is 17.6 Å². The van der Waals surface area contributed by atoms with Crippen molar-refractivity contribution in [2.24, 2.45) is 28.6 Å². The van der Waals surface area contributed by atoms with Gasteiger partial charge in [-0.15, -0.1) is 0 Å². The zero-order chi connectivity index (χ0) is 44.5. The number of rotatable bonds is 16. The number of amides is 1. The first kappa shape index (κ1) is 46.5. The van der Waals surface area contributed by atoms with Crippen LogP contribution in [0, 0.1) is 34.4 Å². The van der Waals surface area contributed by atoms with Gasteiger partial charge in [-0.05, 0) is 103 Å². The van der Waals surface area contributed by atoms with Gasteiger partial charge in [0.15, 0.2) is 0 Å².